The highest BCUT2D eigenvalue weighted by atomic mass is 15.2. The summed E-state index contributed by atoms with van der Waals surface area (Å²) < 4.78 is 0. The second-order valence-corrected chi connectivity index (χ2v) is 6.93. The van der Waals surface area contributed by atoms with E-state index in [4.69, 9.17) is 0 Å². The van der Waals surface area contributed by atoms with Crippen LogP contribution in [0.4, 0.5) is 0 Å². The number of hydrogen-bond acceptors (Lipinski definition) is 2. The monoisotopic (exact) mass is 240 g/mol. The van der Waals surface area contributed by atoms with Gasteiger partial charge in [0.05, 0.1) is 0 Å². The van der Waals surface area contributed by atoms with Crippen LogP contribution in [0.1, 0.15) is 54.4 Å². The molecule has 0 spiro atoms. The van der Waals surface area contributed by atoms with Gasteiger partial charge in [0, 0.05) is 18.6 Å². The fourth-order valence-corrected chi connectivity index (χ4v) is 2.23. The summed E-state index contributed by atoms with van der Waals surface area (Å²) in [5.74, 6) is 0.741. The molecule has 1 aliphatic heterocycles. The minimum Gasteiger partial charge on any atom is -0.313 e. The van der Waals surface area contributed by atoms with E-state index in [1.807, 2.05) is 0 Å². The number of nitrogens with zero attached hydrogens (tertiary/aromatic N) is 1. The molecule has 0 aromatic carbocycles. The van der Waals surface area contributed by atoms with Crippen LogP contribution in [0.3, 0.4) is 0 Å². The van der Waals surface area contributed by atoms with Gasteiger partial charge in [0.15, 0.2) is 0 Å². The number of rotatable bonds is 5. The van der Waals surface area contributed by atoms with Crippen molar-refractivity contribution in [1.29, 1.82) is 0 Å². The number of piperidine rings is 1. The van der Waals surface area contributed by atoms with Gasteiger partial charge in [0.1, 0.15) is 0 Å². The summed E-state index contributed by atoms with van der Waals surface area (Å²) in [6, 6.07) is 1.45. The van der Waals surface area contributed by atoms with Crippen molar-refractivity contribution in [3.63, 3.8) is 0 Å². The summed E-state index contributed by atoms with van der Waals surface area (Å²) in [7, 11) is 0. The molecule has 0 radical (unpaired) electrons. The summed E-state index contributed by atoms with van der Waals surface area (Å²) in [4.78, 5) is 2.59. The fourth-order valence-electron chi connectivity index (χ4n) is 2.23. The Hall–Kier alpha value is -0.0800. The predicted molar refractivity (Wildman–Crippen MR) is 76.4 cm³/mol. The molecule has 0 unspecified atom stereocenters. The molecule has 1 heterocycles. The largest absolute Gasteiger partial charge is 0.313 e. The third-order valence-electron chi connectivity index (χ3n) is 4.67. The minimum absolute atomic E-state index is 0.412. The quantitative estimate of drug-likeness (QED) is 0.794. The number of hydrogen-bond donors (Lipinski definition) is 1. The van der Waals surface area contributed by atoms with Crippen LogP contribution in [0.5, 0.6) is 0 Å². The predicted octanol–water partition coefficient (Wildman–Crippen LogP) is 3.13. The molecule has 0 amide bonds. The average Bonchev–Trinajstić information content (AvgIpc) is 2.27. The first kappa shape index (κ1) is 15.0. The Morgan fingerprint density at radius 2 is 1.65 bits per heavy atom. The van der Waals surface area contributed by atoms with E-state index in [-0.39, 0.29) is 0 Å². The van der Waals surface area contributed by atoms with Crippen molar-refractivity contribution < 1.29 is 0 Å². The lowest BCUT2D eigenvalue weighted by atomic mass is 9.81. The first-order chi connectivity index (χ1) is 7.83. The molecule has 0 aliphatic carbocycles. The molecular formula is C15H32N2. The Labute approximate surface area is 108 Å². The van der Waals surface area contributed by atoms with E-state index >= 15 is 0 Å². The highest BCUT2D eigenvalue weighted by Gasteiger charge is 2.25. The van der Waals surface area contributed by atoms with Gasteiger partial charge in [-0.15, -0.1) is 0 Å². The second-order valence-electron chi connectivity index (χ2n) is 6.93. The second kappa shape index (κ2) is 6.19. The van der Waals surface area contributed by atoms with Gasteiger partial charge in [-0.3, -0.25) is 0 Å². The molecule has 0 aromatic heterocycles. The van der Waals surface area contributed by atoms with Gasteiger partial charge in [-0.05, 0) is 51.1 Å². The molecule has 1 saturated heterocycles. The van der Waals surface area contributed by atoms with Crippen molar-refractivity contribution in [1.82, 2.24) is 10.2 Å². The molecule has 102 valence electrons. The van der Waals surface area contributed by atoms with Gasteiger partial charge >= 0.3 is 0 Å². The third-order valence-corrected chi connectivity index (χ3v) is 4.67. The highest BCUT2D eigenvalue weighted by Crippen LogP contribution is 2.25. The highest BCUT2D eigenvalue weighted by molar-refractivity contribution is 4.82. The molecule has 2 heteroatoms. The van der Waals surface area contributed by atoms with Crippen LogP contribution in [-0.2, 0) is 0 Å². The molecule has 1 N–H and O–H groups in total. The Bertz CT molecular complexity index is 213. The van der Waals surface area contributed by atoms with Crippen molar-refractivity contribution in [3.8, 4) is 0 Å². The van der Waals surface area contributed by atoms with E-state index in [9.17, 15) is 0 Å². The van der Waals surface area contributed by atoms with Crippen LogP contribution >= 0.6 is 0 Å². The Morgan fingerprint density at radius 3 is 2.06 bits per heavy atom. The summed E-state index contributed by atoms with van der Waals surface area (Å²) in [6.07, 6.45) is 2.62. The lowest BCUT2D eigenvalue weighted by molar-refractivity contribution is 0.148. The molecule has 0 saturated carbocycles. The van der Waals surface area contributed by atoms with Crippen LogP contribution in [0, 0.1) is 11.3 Å². The number of nitrogens with one attached hydrogen (secondary N) is 1. The average molecular weight is 240 g/mol. The molecule has 1 aliphatic rings. The zero-order chi connectivity index (χ0) is 13.1. The molecular weight excluding hydrogens is 208 g/mol. The molecule has 17 heavy (non-hydrogen) atoms. The summed E-state index contributed by atoms with van der Waals surface area (Å²) in [5, 5.41) is 3.78. The van der Waals surface area contributed by atoms with E-state index < -0.39 is 0 Å². The van der Waals surface area contributed by atoms with Crippen molar-refractivity contribution in [2.45, 2.75) is 66.5 Å². The fraction of sp³-hybridized carbons (Fsp3) is 1.00. The first-order valence-electron chi connectivity index (χ1n) is 7.30. The normalized spacial score (nSPS) is 20.5. The van der Waals surface area contributed by atoms with Crippen LogP contribution in [0.2, 0.25) is 0 Å². The lowest BCUT2D eigenvalue weighted by Crippen LogP contribution is -2.47. The van der Waals surface area contributed by atoms with E-state index in [2.05, 4.69) is 51.8 Å². The number of likely N-dealkylation sites (tertiary alicyclic amines) is 1. The molecule has 1 fully saturated rings. The van der Waals surface area contributed by atoms with Gasteiger partial charge in [0.25, 0.3) is 0 Å². The topological polar surface area (TPSA) is 15.3 Å². The summed E-state index contributed by atoms with van der Waals surface area (Å²) >= 11 is 0. The summed E-state index contributed by atoms with van der Waals surface area (Å²) in [5.41, 5.74) is 0.412. The maximum atomic E-state index is 3.78. The SMILES string of the molecule is CC(C)N1CCC(NCC(C)(C)C(C)C)CC1. The maximum Gasteiger partial charge on any atom is 0.00916 e. The van der Waals surface area contributed by atoms with Gasteiger partial charge in [0.2, 0.25) is 0 Å². The molecule has 0 aromatic rings. The van der Waals surface area contributed by atoms with Crippen LogP contribution < -0.4 is 5.32 Å². The van der Waals surface area contributed by atoms with Gasteiger partial charge < -0.3 is 10.2 Å². The summed E-state index contributed by atoms with van der Waals surface area (Å²) in [6.45, 7) is 17.7. The molecule has 0 atom stereocenters. The Balaban J connectivity index is 2.27. The molecule has 2 nitrogen and oxygen atoms in total. The van der Waals surface area contributed by atoms with Crippen LogP contribution in [0.15, 0.2) is 0 Å². The Morgan fingerprint density at radius 1 is 1.12 bits per heavy atom. The first-order valence-corrected chi connectivity index (χ1v) is 7.30. The van der Waals surface area contributed by atoms with Gasteiger partial charge in [-0.1, -0.05) is 27.7 Å². The van der Waals surface area contributed by atoms with Crippen molar-refractivity contribution in [2.24, 2.45) is 11.3 Å². The molecule has 1 rings (SSSR count). The van der Waals surface area contributed by atoms with E-state index in [0.29, 0.717) is 11.5 Å². The minimum atomic E-state index is 0.412. The maximum absolute atomic E-state index is 3.78. The van der Waals surface area contributed by atoms with E-state index in [0.717, 1.165) is 18.5 Å². The van der Waals surface area contributed by atoms with Gasteiger partial charge in [-0.25, -0.2) is 0 Å². The van der Waals surface area contributed by atoms with E-state index in [1.54, 1.807) is 0 Å². The standard InChI is InChI=1S/C15H32N2/c1-12(2)15(5,6)11-16-14-7-9-17(10-8-14)13(3)4/h12-14,16H,7-11H2,1-6H3. The van der Waals surface area contributed by atoms with Crippen molar-refractivity contribution in [3.05, 3.63) is 0 Å². The van der Waals surface area contributed by atoms with Crippen molar-refractivity contribution in [2.75, 3.05) is 19.6 Å². The third kappa shape index (κ3) is 4.59. The van der Waals surface area contributed by atoms with Gasteiger partial charge in [-0.2, -0.15) is 0 Å². The zero-order valence-electron chi connectivity index (χ0n) is 12.7. The molecule has 0 bridgehead atoms. The van der Waals surface area contributed by atoms with Crippen LogP contribution in [-0.4, -0.2) is 36.6 Å². The van der Waals surface area contributed by atoms with Crippen molar-refractivity contribution >= 4 is 0 Å². The lowest BCUT2D eigenvalue weighted by Gasteiger charge is -2.37. The van der Waals surface area contributed by atoms with E-state index in [1.165, 1.54) is 25.9 Å². The zero-order valence-corrected chi connectivity index (χ0v) is 12.7. The Kier molecular flexibility index (Phi) is 5.46. The smallest absolute Gasteiger partial charge is 0.00916 e. The van der Waals surface area contributed by atoms with Crippen LogP contribution in [0.25, 0.3) is 0 Å².